The van der Waals surface area contributed by atoms with Crippen LogP contribution < -0.4 is 0 Å². The summed E-state index contributed by atoms with van der Waals surface area (Å²) in [6, 6.07) is 29.1. The number of rotatable bonds is 2. The third kappa shape index (κ3) is 2.99. The summed E-state index contributed by atoms with van der Waals surface area (Å²) in [7, 11) is 0. The highest BCUT2D eigenvalue weighted by Crippen LogP contribution is 2.44. The van der Waals surface area contributed by atoms with Gasteiger partial charge in [-0.25, -0.2) is 0 Å². The number of hydrogen-bond acceptors (Lipinski definition) is 2. The molecule has 0 saturated carbocycles. The van der Waals surface area contributed by atoms with Crippen molar-refractivity contribution in [3.8, 4) is 17.2 Å². The van der Waals surface area contributed by atoms with Gasteiger partial charge in [0.05, 0.1) is 17.0 Å². The van der Waals surface area contributed by atoms with Crippen molar-refractivity contribution in [2.45, 2.75) is 24.7 Å². The number of nitrogens with zero attached hydrogens (tertiary/aromatic N) is 2. The maximum atomic E-state index is 10.2. The predicted octanol–water partition coefficient (Wildman–Crippen LogP) is 6.51. The van der Waals surface area contributed by atoms with Crippen LogP contribution >= 0.6 is 11.6 Å². The first kappa shape index (κ1) is 17.9. The van der Waals surface area contributed by atoms with Gasteiger partial charge in [-0.05, 0) is 59.7 Å². The Morgan fingerprint density at radius 3 is 2.38 bits per heavy atom. The zero-order valence-corrected chi connectivity index (χ0v) is 16.7. The quantitative estimate of drug-likeness (QED) is 0.388. The largest absolute Gasteiger partial charge is 0.253 e. The minimum atomic E-state index is -0.536. The smallest absolute Gasteiger partial charge is 0.0867 e. The van der Waals surface area contributed by atoms with Crippen molar-refractivity contribution < 1.29 is 0 Å². The summed E-state index contributed by atoms with van der Waals surface area (Å²) >= 11 is 6.36. The van der Waals surface area contributed by atoms with E-state index in [0.29, 0.717) is 11.4 Å². The number of pyridine rings is 1. The predicted molar refractivity (Wildman–Crippen MR) is 118 cm³/mol. The van der Waals surface area contributed by atoms with Crippen molar-refractivity contribution >= 4 is 22.5 Å². The van der Waals surface area contributed by atoms with Gasteiger partial charge in [0.2, 0.25) is 0 Å². The van der Waals surface area contributed by atoms with Crippen molar-refractivity contribution in [1.29, 1.82) is 5.26 Å². The van der Waals surface area contributed by atoms with E-state index in [-0.39, 0.29) is 0 Å². The number of aryl methyl sites for hydroxylation is 1. The van der Waals surface area contributed by atoms with E-state index < -0.39 is 5.41 Å². The Bertz CT molecular complexity index is 1240. The lowest BCUT2D eigenvalue weighted by Gasteiger charge is -2.34. The Kier molecular flexibility index (Phi) is 4.34. The fourth-order valence-electron chi connectivity index (χ4n) is 4.54. The molecule has 2 nitrogen and oxygen atoms in total. The fraction of sp³-hybridized carbons (Fsp3) is 0.154. The highest BCUT2D eigenvalue weighted by molar-refractivity contribution is 6.31. The van der Waals surface area contributed by atoms with Crippen molar-refractivity contribution in [2.24, 2.45) is 0 Å². The lowest BCUT2D eigenvalue weighted by atomic mass is 9.68. The monoisotopic (exact) mass is 394 g/mol. The molecule has 0 N–H and O–H groups in total. The molecule has 3 aromatic carbocycles. The fourth-order valence-corrected chi connectivity index (χ4v) is 4.72. The van der Waals surface area contributed by atoms with E-state index in [1.807, 2.05) is 42.5 Å². The molecule has 1 aliphatic rings. The molecule has 1 atom stereocenters. The standard InChI is InChI=1S/C26H19ClN2/c27-20-11-12-23-21(15-20)25(18-7-3-1-4-8-18)22-16-26(17-28,14-13-24(22)29-23)19-9-5-2-6-10-19/h1-12,15H,13-14,16H2/t26-/m0/s1. The number of benzene rings is 3. The molecule has 0 spiro atoms. The summed E-state index contributed by atoms with van der Waals surface area (Å²) in [6.07, 6.45) is 2.22. The van der Waals surface area contributed by atoms with Gasteiger partial charge in [-0.15, -0.1) is 0 Å². The Labute approximate surface area is 175 Å². The third-order valence-corrected chi connectivity index (χ3v) is 6.24. The normalized spacial score (nSPS) is 18.2. The molecule has 29 heavy (non-hydrogen) atoms. The number of hydrogen-bond donors (Lipinski definition) is 0. The van der Waals surface area contributed by atoms with E-state index in [2.05, 4.69) is 42.5 Å². The Morgan fingerprint density at radius 2 is 1.66 bits per heavy atom. The molecule has 4 aromatic rings. The molecule has 0 bridgehead atoms. The zero-order chi connectivity index (χ0) is 19.8. The van der Waals surface area contributed by atoms with Crippen molar-refractivity contribution in [2.75, 3.05) is 0 Å². The van der Waals surface area contributed by atoms with E-state index in [9.17, 15) is 5.26 Å². The second kappa shape index (κ2) is 7.03. The summed E-state index contributed by atoms with van der Waals surface area (Å²) in [5.41, 5.74) is 6.06. The average Bonchev–Trinajstić information content (AvgIpc) is 2.78. The van der Waals surface area contributed by atoms with Crippen molar-refractivity contribution in [3.05, 3.63) is 101 Å². The summed E-state index contributed by atoms with van der Waals surface area (Å²) in [5.74, 6) is 0. The first-order chi connectivity index (χ1) is 14.2. The third-order valence-electron chi connectivity index (χ3n) is 6.00. The lowest BCUT2D eigenvalue weighted by Crippen LogP contribution is -2.32. The van der Waals surface area contributed by atoms with Gasteiger partial charge in [0, 0.05) is 16.1 Å². The minimum absolute atomic E-state index is 0.536. The van der Waals surface area contributed by atoms with E-state index in [0.717, 1.165) is 46.1 Å². The van der Waals surface area contributed by atoms with Crippen LogP contribution in [0.1, 0.15) is 23.2 Å². The van der Waals surface area contributed by atoms with E-state index in [4.69, 9.17) is 16.6 Å². The average molecular weight is 395 g/mol. The highest BCUT2D eigenvalue weighted by atomic mass is 35.5. The molecule has 5 rings (SSSR count). The van der Waals surface area contributed by atoms with Crippen LogP contribution in [-0.4, -0.2) is 4.98 Å². The second-order valence-corrected chi connectivity index (χ2v) is 8.11. The summed E-state index contributed by atoms with van der Waals surface area (Å²) in [6.45, 7) is 0. The molecular formula is C26H19ClN2. The lowest BCUT2D eigenvalue weighted by molar-refractivity contribution is 0.468. The summed E-state index contributed by atoms with van der Waals surface area (Å²) in [5, 5.41) is 12.0. The Morgan fingerprint density at radius 1 is 0.931 bits per heavy atom. The van der Waals surface area contributed by atoms with Gasteiger partial charge in [-0.2, -0.15) is 5.26 Å². The van der Waals surface area contributed by atoms with Gasteiger partial charge < -0.3 is 0 Å². The van der Waals surface area contributed by atoms with Crippen LogP contribution in [0.2, 0.25) is 5.02 Å². The number of aromatic nitrogens is 1. The van der Waals surface area contributed by atoms with Gasteiger partial charge >= 0.3 is 0 Å². The molecule has 140 valence electrons. The van der Waals surface area contributed by atoms with Crippen LogP contribution in [0.25, 0.3) is 22.0 Å². The Balaban J connectivity index is 1.79. The maximum absolute atomic E-state index is 10.2. The van der Waals surface area contributed by atoms with Gasteiger partial charge in [-0.3, -0.25) is 4.98 Å². The van der Waals surface area contributed by atoms with Gasteiger partial charge in [0.1, 0.15) is 0 Å². The summed E-state index contributed by atoms with van der Waals surface area (Å²) < 4.78 is 0. The SMILES string of the molecule is N#C[C@]1(c2ccccc2)CCc2nc3ccc(Cl)cc3c(-c3ccccc3)c2C1. The number of halogens is 1. The highest BCUT2D eigenvalue weighted by Gasteiger charge is 2.38. The van der Waals surface area contributed by atoms with Crippen LogP contribution in [0.15, 0.2) is 78.9 Å². The second-order valence-electron chi connectivity index (χ2n) is 7.68. The number of fused-ring (bicyclic) bond motifs is 2. The molecule has 0 unspecified atom stereocenters. The van der Waals surface area contributed by atoms with Crippen LogP contribution in [0.5, 0.6) is 0 Å². The molecular weight excluding hydrogens is 376 g/mol. The molecule has 0 aliphatic heterocycles. The summed E-state index contributed by atoms with van der Waals surface area (Å²) in [4.78, 5) is 4.97. The molecule has 3 heteroatoms. The van der Waals surface area contributed by atoms with E-state index in [1.54, 1.807) is 0 Å². The molecule has 0 fully saturated rings. The van der Waals surface area contributed by atoms with Crippen LogP contribution in [0.4, 0.5) is 0 Å². The first-order valence-corrected chi connectivity index (χ1v) is 10.2. The molecule has 0 amide bonds. The van der Waals surface area contributed by atoms with Crippen molar-refractivity contribution in [1.82, 2.24) is 4.98 Å². The Hall–Kier alpha value is -3.15. The first-order valence-electron chi connectivity index (χ1n) is 9.83. The van der Waals surface area contributed by atoms with Gasteiger partial charge in [-0.1, -0.05) is 72.3 Å². The van der Waals surface area contributed by atoms with Crippen molar-refractivity contribution in [3.63, 3.8) is 0 Å². The molecule has 1 heterocycles. The van der Waals surface area contributed by atoms with Gasteiger partial charge in [0.25, 0.3) is 0 Å². The molecule has 1 aromatic heterocycles. The topological polar surface area (TPSA) is 36.7 Å². The number of nitriles is 1. The van der Waals surface area contributed by atoms with Crippen LogP contribution in [-0.2, 0) is 18.3 Å². The zero-order valence-electron chi connectivity index (χ0n) is 15.9. The molecule has 0 radical (unpaired) electrons. The van der Waals surface area contributed by atoms with E-state index in [1.165, 1.54) is 5.56 Å². The molecule has 1 aliphatic carbocycles. The van der Waals surface area contributed by atoms with Crippen LogP contribution in [0.3, 0.4) is 0 Å². The maximum Gasteiger partial charge on any atom is 0.0867 e. The molecule has 0 saturated heterocycles. The minimum Gasteiger partial charge on any atom is -0.253 e. The van der Waals surface area contributed by atoms with E-state index >= 15 is 0 Å². The van der Waals surface area contributed by atoms with Crippen LogP contribution in [0, 0.1) is 11.3 Å². The van der Waals surface area contributed by atoms with Gasteiger partial charge in [0.15, 0.2) is 0 Å².